The average Bonchev–Trinajstić information content (AvgIpc) is 2.76. The van der Waals surface area contributed by atoms with Gasteiger partial charge >= 0.3 is 0 Å². The zero-order chi connectivity index (χ0) is 22.2. The van der Waals surface area contributed by atoms with Crippen LogP contribution in [-0.4, -0.2) is 24.1 Å². The van der Waals surface area contributed by atoms with Gasteiger partial charge in [-0.1, -0.05) is 12.1 Å². The minimum Gasteiger partial charge on any atom is -0.496 e. The lowest BCUT2D eigenvalue weighted by Gasteiger charge is -2.12. The Hall–Kier alpha value is -3.61. The monoisotopic (exact) mass is 424 g/mol. The molecular formula is C24H25FN2O4. The van der Waals surface area contributed by atoms with Crippen molar-refractivity contribution >= 4 is 5.91 Å². The predicted molar refractivity (Wildman–Crippen MR) is 116 cm³/mol. The van der Waals surface area contributed by atoms with Crippen molar-refractivity contribution in [3.05, 3.63) is 88.1 Å². The number of halogens is 1. The smallest absolute Gasteiger partial charge is 0.254 e. The Bertz CT molecular complexity index is 1090. The number of benzene rings is 2. The number of aryl methyl sites for hydroxylation is 2. The predicted octanol–water partition coefficient (Wildman–Crippen LogP) is 3.85. The van der Waals surface area contributed by atoms with Gasteiger partial charge in [0.2, 0.25) is 5.91 Å². The molecule has 1 N–H and O–H groups in total. The van der Waals surface area contributed by atoms with E-state index < -0.39 is 0 Å². The normalized spacial score (nSPS) is 10.5. The second-order valence-corrected chi connectivity index (χ2v) is 7.08. The van der Waals surface area contributed by atoms with E-state index in [2.05, 4.69) is 5.32 Å². The Morgan fingerprint density at radius 2 is 1.81 bits per heavy atom. The number of aromatic nitrogens is 1. The first-order valence-corrected chi connectivity index (χ1v) is 9.99. The zero-order valence-corrected chi connectivity index (χ0v) is 17.6. The first-order chi connectivity index (χ1) is 14.9. The molecule has 0 atom stereocenters. The molecule has 0 fully saturated rings. The van der Waals surface area contributed by atoms with Crippen LogP contribution in [0.3, 0.4) is 0 Å². The molecular weight excluding hydrogens is 399 g/mol. The lowest BCUT2D eigenvalue weighted by Crippen LogP contribution is -2.31. The van der Waals surface area contributed by atoms with E-state index in [-0.39, 0.29) is 17.3 Å². The third-order valence-corrected chi connectivity index (χ3v) is 4.79. The molecule has 3 aromatic rings. The minimum atomic E-state index is -0.320. The number of carbonyl (C=O) groups is 1. The van der Waals surface area contributed by atoms with Crippen molar-refractivity contribution in [2.75, 3.05) is 13.7 Å². The first-order valence-electron chi connectivity index (χ1n) is 9.99. The Labute approximate surface area is 180 Å². The fourth-order valence-electron chi connectivity index (χ4n) is 3.16. The van der Waals surface area contributed by atoms with Crippen LogP contribution in [0.5, 0.6) is 17.2 Å². The molecule has 0 aliphatic heterocycles. The molecule has 0 aliphatic rings. The maximum Gasteiger partial charge on any atom is 0.254 e. The van der Waals surface area contributed by atoms with Gasteiger partial charge in [0.05, 0.1) is 7.11 Å². The van der Waals surface area contributed by atoms with Crippen LogP contribution in [-0.2, 0) is 17.8 Å². The van der Waals surface area contributed by atoms with Crippen LogP contribution in [0.2, 0.25) is 0 Å². The Morgan fingerprint density at radius 3 is 2.52 bits per heavy atom. The van der Waals surface area contributed by atoms with E-state index >= 15 is 0 Å². The standard InChI is InChI=1S/C24H25FN2O4/c1-17-14-22(30-2)16-24(29)27(17)13-12-26-23(28)11-6-18-4-3-5-21(15-18)31-20-9-7-19(25)8-10-20/h3-5,7-10,14-16H,6,11-13H2,1-2H3,(H,26,28). The second kappa shape index (κ2) is 10.4. The van der Waals surface area contributed by atoms with Crippen molar-refractivity contribution in [1.82, 2.24) is 9.88 Å². The molecule has 6 nitrogen and oxygen atoms in total. The molecule has 0 spiro atoms. The second-order valence-electron chi connectivity index (χ2n) is 7.08. The summed E-state index contributed by atoms with van der Waals surface area (Å²) in [4.78, 5) is 24.3. The van der Waals surface area contributed by atoms with Gasteiger partial charge in [0.15, 0.2) is 0 Å². The van der Waals surface area contributed by atoms with Crippen molar-refractivity contribution in [3.8, 4) is 17.2 Å². The molecule has 0 aliphatic carbocycles. The molecule has 7 heteroatoms. The highest BCUT2D eigenvalue weighted by Crippen LogP contribution is 2.23. The summed E-state index contributed by atoms with van der Waals surface area (Å²) in [6, 6.07) is 16.4. The van der Waals surface area contributed by atoms with Gasteiger partial charge in [-0.15, -0.1) is 0 Å². The van der Waals surface area contributed by atoms with Crippen LogP contribution in [0.15, 0.2) is 65.5 Å². The molecule has 1 heterocycles. The van der Waals surface area contributed by atoms with E-state index in [9.17, 15) is 14.0 Å². The lowest BCUT2D eigenvalue weighted by molar-refractivity contribution is -0.121. The van der Waals surface area contributed by atoms with Crippen molar-refractivity contribution in [2.24, 2.45) is 0 Å². The quantitative estimate of drug-likeness (QED) is 0.567. The highest BCUT2D eigenvalue weighted by atomic mass is 19.1. The molecule has 0 saturated heterocycles. The highest BCUT2D eigenvalue weighted by Gasteiger charge is 2.07. The fraction of sp³-hybridized carbons (Fsp3) is 0.250. The zero-order valence-electron chi connectivity index (χ0n) is 17.6. The van der Waals surface area contributed by atoms with E-state index in [1.54, 1.807) is 22.8 Å². The Morgan fingerprint density at radius 1 is 1.03 bits per heavy atom. The van der Waals surface area contributed by atoms with Crippen molar-refractivity contribution in [2.45, 2.75) is 26.3 Å². The SMILES string of the molecule is COc1cc(C)n(CCNC(=O)CCc2cccc(Oc3ccc(F)cc3)c2)c(=O)c1. The third-order valence-electron chi connectivity index (χ3n) is 4.79. The topological polar surface area (TPSA) is 69.6 Å². The molecule has 0 unspecified atom stereocenters. The van der Waals surface area contributed by atoms with Gasteiger partial charge in [0.1, 0.15) is 23.1 Å². The fourth-order valence-corrected chi connectivity index (χ4v) is 3.16. The number of hydrogen-bond acceptors (Lipinski definition) is 4. The maximum atomic E-state index is 13.0. The summed E-state index contributed by atoms with van der Waals surface area (Å²) in [6.07, 6.45) is 0.866. The van der Waals surface area contributed by atoms with E-state index in [4.69, 9.17) is 9.47 Å². The van der Waals surface area contributed by atoms with Crippen molar-refractivity contribution in [1.29, 1.82) is 0 Å². The van der Waals surface area contributed by atoms with Crippen molar-refractivity contribution < 1.29 is 18.7 Å². The molecule has 0 bridgehead atoms. The summed E-state index contributed by atoms with van der Waals surface area (Å²) in [5.41, 5.74) is 1.57. The van der Waals surface area contributed by atoms with Crippen LogP contribution in [0.25, 0.3) is 0 Å². The summed E-state index contributed by atoms with van der Waals surface area (Å²) in [6.45, 7) is 2.58. The molecule has 2 aromatic carbocycles. The number of pyridine rings is 1. The molecule has 0 saturated carbocycles. The summed E-state index contributed by atoms with van der Waals surface area (Å²) in [7, 11) is 1.52. The number of rotatable bonds is 9. The number of ether oxygens (including phenoxy) is 2. The van der Waals surface area contributed by atoms with Gasteiger partial charge in [-0.2, -0.15) is 0 Å². The summed E-state index contributed by atoms with van der Waals surface area (Å²) in [5, 5.41) is 2.85. The van der Waals surface area contributed by atoms with Gasteiger partial charge in [-0.3, -0.25) is 9.59 Å². The average molecular weight is 424 g/mol. The minimum absolute atomic E-state index is 0.0935. The van der Waals surface area contributed by atoms with Crippen LogP contribution in [0.1, 0.15) is 17.7 Å². The van der Waals surface area contributed by atoms with Gasteiger partial charge < -0.3 is 19.4 Å². The van der Waals surface area contributed by atoms with Gasteiger partial charge in [0, 0.05) is 31.3 Å². The molecule has 1 amide bonds. The molecule has 1 aromatic heterocycles. The number of nitrogens with one attached hydrogen (secondary N) is 1. The molecule has 162 valence electrons. The van der Waals surface area contributed by atoms with E-state index in [0.717, 1.165) is 11.3 Å². The summed E-state index contributed by atoms with van der Waals surface area (Å²) >= 11 is 0. The lowest BCUT2D eigenvalue weighted by atomic mass is 10.1. The van der Waals surface area contributed by atoms with E-state index in [0.29, 0.717) is 43.2 Å². The van der Waals surface area contributed by atoms with E-state index in [1.165, 1.54) is 25.3 Å². The third kappa shape index (κ3) is 6.44. The number of hydrogen-bond donors (Lipinski definition) is 1. The summed E-state index contributed by atoms with van der Waals surface area (Å²) < 4.78 is 25.4. The van der Waals surface area contributed by atoms with Gasteiger partial charge in [0.25, 0.3) is 5.56 Å². The molecule has 3 rings (SSSR count). The van der Waals surface area contributed by atoms with Gasteiger partial charge in [-0.25, -0.2) is 4.39 Å². The Balaban J connectivity index is 1.48. The number of amides is 1. The van der Waals surface area contributed by atoms with Crippen LogP contribution >= 0.6 is 0 Å². The van der Waals surface area contributed by atoms with Crippen LogP contribution < -0.4 is 20.3 Å². The van der Waals surface area contributed by atoms with Crippen LogP contribution in [0.4, 0.5) is 4.39 Å². The van der Waals surface area contributed by atoms with E-state index in [1.807, 2.05) is 31.2 Å². The molecule has 31 heavy (non-hydrogen) atoms. The largest absolute Gasteiger partial charge is 0.496 e. The van der Waals surface area contributed by atoms with Crippen LogP contribution in [0, 0.1) is 12.7 Å². The Kier molecular flexibility index (Phi) is 7.43. The summed E-state index contributed by atoms with van der Waals surface area (Å²) in [5.74, 6) is 1.27. The maximum absolute atomic E-state index is 13.0. The van der Waals surface area contributed by atoms with Crippen molar-refractivity contribution in [3.63, 3.8) is 0 Å². The number of nitrogens with zero attached hydrogens (tertiary/aromatic N) is 1. The van der Waals surface area contributed by atoms with Gasteiger partial charge in [-0.05, 0) is 61.4 Å². The highest BCUT2D eigenvalue weighted by molar-refractivity contribution is 5.76. The molecule has 0 radical (unpaired) electrons. The number of carbonyl (C=O) groups excluding carboxylic acids is 1. The number of methoxy groups -OCH3 is 1. The first kappa shape index (κ1) is 22.1.